The van der Waals surface area contributed by atoms with E-state index in [1.807, 2.05) is 0 Å². The van der Waals surface area contributed by atoms with Gasteiger partial charge in [0, 0.05) is 6.61 Å². The van der Waals surface area contributed by atoms with Gasteiger partial charge in [-0.15, -0.1) is 0 Å². The number of rotatable bonds is 6. The predicted octanol–water partition coefficient (Wildman–Crippen LogP) is 2.14. The Labute approximate surface area is 80.4 Å². The maximum absolute atomic E-state index is 5.43. The summed E-state index contributed by atoms with van der Waals surface area (Å²) >= 11 is 0. The summed E-state index contributed by atoms with van der Waals surface area (Å²) in [6.45, 7) is 10.1. The topological polar surface area (TPSA) is 9.23 Å². The van der Waals surface area contributed by atoms with Crippen LogP contribution in [0, 0.1) is 11.3 Å². The molecule has 12 heavy (non-hydrogen) atoms. The zero-order valence-corrected chi connectivity index (χ0v) is 11.3. The summed E-state index contributed by atoms with van der Waals surface area (Å²) in [7, 11) is 0.879. The smallest absolute Gasteiger partial charge is 0.145 e. The maximum atomic E-state index is 5.43. The highest BCUT2D eigenvalue weighted by Crippen LogP contribution is 2.33. The Kier molecular flexibility index (Phi) is 5.84. The SMILES string of the molecule is CCC(CC)(CO[SiH3])CC(C)C. The minimum absolute atomic E-state index is 0.468. The van der Waals surface area contributed by atoms with Crippen LogP contribution in [0.4, 0.5) is 0 Å². The van der Waals surface area contributed by atoms with E-state index < -0.39 is 0 Å². The first-order chi connectivity index (χ1) is 5.60. The van der Waals surface area contributed by atoms with Crippen molar-refractivity contribution in [3.8, 4) is 0 Å². The van der Waals surface area contributed by atoms with Gasteiger partial charge in [-0.25, -0.2) is 0 Å². The molecule has 0 aliphatic carbocycles. The van der Waals surface area contributed by atoms with Gasteiger partial charge in [-0.2, -0.15) is 0 Å². The molecule has 1 nitrogen and oxygen atoms in total. The van der Waals surface area contributed by atoms with Gasteiger partial charge in [0.05, 0.1) is 0 Å². The van der Waals surface area contributed by atoms with Crippen molar-refractivity contribution in [2.45, 2.75) is 47.0 Å². The molecule has 0 saturated heterocycles. The van der Waals surface area contributed by atoms with E-state index in [0.717, 1.165) is 23.0 Å². The van der Waals surface area contributed by atoms with Crippen LogP contribution in [0.25, 0.3) is 0 Å². The summed E-state index contributed by atoms with van der Waals surface area (Å²) in [4.78, 5) is 0. The molecule has 0 radical (unpaired) electrons. The van der Waals surface area contributed by atoms with Gasteiger partial charge in [0.15, 0.2) is 0 Å². The van der Waals surface area contributed by atoms with E-state index in [1.54, 1.807) is 0 Å². The summed E-state index contributed by atoms with van der Waals surface area (Å²) in [6, 6.07) is 0. The van der Waals surface area contributed by atoms with E-state index in [2.05, 4.69) is 27.7 Å². The third-order valence-electron chi connectivity index (χ3n) is 2.79. The van der Waals surface area contributed by atoms with Crippen LogP contribution in [-0.2, 0) is 4.43 Å². The Balaban J connectivity index is 4.13. The van der Waals surface area contributed by atoms with Crippen molar-refractivity contribution in [1.29, 1.82) is 0 Å². The van der Waals surface area contributed by atoms with Crippen LogP contribution in [0.1, 0.15) is 47.0 Å². The highest BCUT2D eigenvalue weighted by Gasteiger charge is 2.26. The van der Waals surface area contributed by atoms with Gasteiger partial charge in [0.2, 0.25) is 0 Å². The van der Waals surface area contributed by atoms with E-state index in [0.29, 0.717) is 5.41 Å². The maximum Gasteiger partial charge on any atom is 0.145 e. The van der Waals surface area contributed by atoms with Crippen molar-refractivity contribution < 1.29 is 4.43 Å². The second kappa shape index (κ2) is 5.76. The molecule has 0 aromatic heterocycles. The molecular formula is C10H24OSi. The molecule has 0 aliphatic heterocycles. The first-order valence-electron chi connectivity index (χ1n) is 5.09. The van der Waals surface area contributed by atoms with Gasteiger partial charge in [-0.3, -0.25) is 0 Å². The van der Waals surface area contributed by atoms with Gasteiger partial charge in [0.1, 0.15) is 10.5 Å². The molecule has 0 aromatic carbocycles. The number of hydrogen-bond acceptors (Lipinski definition) is 1. The fourth-order valence-corrected chi connectivity index (χ4v) is 2.59. The molecule has 0 saturated carbocycles. The quantitative estimate of drug-likeness (QED) is 0.580. The average molecular weight is 188 g/mol. The summed E-state index contributed by atoms with van der Waals surface area (Å²) in [5.74, 6) is 0.793. The third-order valence-corrected chi connectivity index (χ3v) is 3.08. The minimum atomic E-state index is 0.468. The van der Waals surface area contributed by atoms with Crippen LogP contribution in [0.15, 0.2) is 0 Å². The Hall–Kier alpha value is 0.177. The van der Waals surface area contributed by atoms with Crippen LogP contribution < -0.4 is 0 Å². The third kappa shape index (κ3) is 3.72. The van der Waals surface area contributed by atoms with Crippen molar-refractivity contribution in [1.82, 2.24) is 0 Å². The zero-order chi connectivity index (χ0) is 9.61. The lowest BCUT2D eigenvalue weighted by molar-refractivity contribution is 0.114. The van der Waals surface area contributed by atoms with Gasteiger partial charge in [-0.1, -0.05) is 27.7 Å². The highest BCUT2D eigenvalue weighted by atomic mass is 28.2. The fourth-order valence-electron chi connectivity index (χ4n) is 1.97. The Morgan fingerprint density at radius 1 is 1.25 bits per heavy atom. The second-order valence-electron chi connectivity index (χ2n) is 4.24. The normalized spacial score (nSPS) is 12.8. The highest BCUT2D eigenvalue weighted by molar-refractivity contribution is 5.97. The molecule has 0 heterocycles. The lowest BCUT2D eigenvalue weighted by atomic mass is 9.76. The van der Waals surface area contributed by atoms with E-state index >= 15 is 0 Å². The summed E-state index contributed by atoms with van der Waals surface area (Å²) < 4.78 is 5.43. The Morgan fingerprint density at radius 3 is 2.00 bits per heavy atom. The average Bonchev–Trinajstić information content (AvgIpc) is 2.03. The summed E-state index contributed by atoms with van der Waals surface area (Å²) in [5.41, 5.74) is 0.468. The van der Waals surface area contributed by atoms with Crippen LogP contribution >= 0.6 is 0 Å². The molecule has 74 valence electrons. The molecule has 2 heteroatoms. The van der Waals surface area contributed by atoms with E-state index in [4.69, 9.17) is 4.43 Å². The van der Waals surface area contributed by atoms with E-state index in [1.165, 1.54) is 19.3 Å². The molecule has 0 aliphatic rings. The van der Waals surface area contributed by atoms with Crippen molar-refractivity contribution in [3.63, 3.8) is 0 Å². The fraction of sp³-hybridized carbons (Fsp3) is 1.00. The minimum Gasteiger partial charge on any atom is -0.427 e. The van der Waals surface area contributed by atoms with E-state index in [9.17, 15) is 0 Å². The van der Waals surface area contributed by atoms with Crippen molar-refractivity contribution in [3.05, 3.63) is 0 Å². The van der Waals surface area contributed by atoms with Crippen molar-refractivity contribution >= 4 is 10.5 Å². The van der Waals surface area contributed by atoms with Gasteiger partial charge in [-0.05, 0) is 30.6 Å². The largest absolute Gasteiger partial charge is 0.427 e. The lowest BCUT2D eigenvalue weighted by Crippen LogP contribution is -2.27. The molecule has 0 spiro atoms. The molecule has 0 atom stereocenters. The lowest BCUT2D eigenvalue weighted by Gasteiger charge is -2.32. The summed E-state index contributed by atoms with van der Waals surface area (Å²) in [6.07, 6.45) is 3.82. The standard InChI is InChI=1S/C10H24OSi/c1-5-10(6-2,8-11-12)7-9(3)4/h9H,5-8H2,1-4,12H3. The molecule has 0 bridgehead atoms. The monoisotopic (exact) mass is 188 g/mol. The van der Waals surface area contributed by atoms with Crippen LogP contribution in [0.5, 0.6) is 0 Å². The van der Waals surface area contributed by atoms with Crippen LogP contribution in [0.3, 0.4) is 0 Å². The van der Waals surface area contributed by atoms with Gasteiger partial charge >= 0.3 is 0 Å². The molecule has 0 fully saturated rings. The van der Waals surface area contributed by atoms with Gasteiger partial charge in [0.25, 0.3) is 0 Å². The van der Waals surface area contributed by atoms with Gasteiger partial charge < -0.3 is 4.43 Å². The van der Waals surface area contributed by atoms with E-state index in [-0.39, 0.29) is 0 Å². The molecule has 0 unspecified atom stereocenters. The van der Waals surface area contributed by atoms with Crippen LogP contribution in [-0.4, -0.2) is 17.1 Å². The summed E-state index contributed by atoms with van der Waals surface area (Å²) in [5, 5.41) is 0. The molecule has 0 amide bonds. The Bertz CT molecular complexity index is 108. The molecule has 0 N–H and O–H groups in total. The van der Waals surface area contributed by atoms with Crippen molar-refractivity contribution in [2.75, 3.05) is 6.61 Å². The Morgan fingerprint density at radius 2 is 1.75 bits per heavy atom. The predicted molar refractivity (Wildman–Crippen MR) is 58.4 cm³/mol. The molecule has 0 aromatic rings. The molecule has 0 rings (SSSR count). The number of hydrogen-bond donors (Lipinski definition) is 0. The second-order valence-corrected chi connectivity index (χ2v) is 4.82. The van der Waals surface area contributed by atoms with Crippen LogP contribution in [0.2, 0.25) is 0 Å². The van der Waals surface area contributed by atoms with Crippen molar-refractivity contribution in [2.24, 2.45) is 11.3 Å². The zero-order valence-electron chi connectivity index (χ0n) is 9.31. The molecular weight excluding hydrogens is 164 g/mol. The first-order valence-corrected chi connectivity index (χ1v) is 5.90. The first kappa shape index (κ1) is 12.2.